The van der Waals surface area contributed by atoms with Gasteiger partial charge in [0.15, 0.2) is 9.84 Å². The molecule has 23 heavy (non-hydrogen) atoms. The Bertz CT molecular complexity index is 806. The fourth-order valence-electron chi connectivity index (χ4n) is 3.08. The Hall–Kier alpha value is -1.67. The normalized spacial score (nSPS) is 24.8. The average molecular weight is 336 g/mol. The van der Waals surface area contributed by atoms with E-state index in [1.54, 1.807) is 10.9 Å². The third-order valence-corrected chi connectivity index (χ3v) is 6.17. The molecule has 4 rings (SSSR count). The van der Waals surface area contributed by atoms with Gasteiger partial charge in [0.2, 0.25) is 5.89 Å². The Labute approximate surface area is 135 Å². The molecule has 0 radical (unpaired) electrons. The molecule has 7 nitrogen and oxygen atoms in total. The molecular formula is C15H20N4O3S. The molecule has 0 aromatic carbocycles. The molecule has 124 valence electrons. The Kier molecular flexibility index (Phi) is 3.53. The molecule has 2 fully saturated rings. The first-order chi connectivity index (χ1) is 11.0. The van der Waals surface area contributed by atoms with Crippen molar-refractivity contribution in [2.24, 2.45) is 7.05 Å². The molecule has 1 saturated carbocycles. The van der Waals surface area contributed by atoms with E-state index < -0.39 is 9.84 Å². The molecule has 1 atom stereocenters. The van der Waals surface area contributed by atoms with Crippen LogP contribution < -0.4 is 0 Å². The summed E-state index contributed by atoms with van der Waals surface area (Å²) in [4.78, 5) is 6.49. The van der Waals surface area contributed by atoms with E-state index in [4.69, 9.17) is 4.42 Å². The summed E-state index contributed by atoms with van der Waals surface area (Å²) in [5, 5.41) is 4.17. The minimum atomic E-state index is -3.02. The summed E-state index contributed by atoms with van der Waals surface area (Å²) in [5.41, 5.74) is 0.921. The van der Waals surface area contributed by atoms with Crippen molar-refractivity contribution in [3.63, 3.8) is 0 Å². The van der Waals surface area contributed by atoms with Crippen LogP contribution in [0.4, 0.5) is 0 Å². The van der Waals surface area contributed by atoms with Crippen molar-refractivity contribution >= 4 is 9.84 Å². The number of hydrogen-bond donors (Lipinski definition) is 0. The van der Waals surface area contributed by atoms with Gasteiger partial charge in [-0.3, -0.25) is 9.58 Å². The first-order valence-corrected chi connectivity index (χ1v) is 9.70. The molecule has 3 heterocycles. The number of aromatic nitrogens is 3. The highest BCUT2D eigenvalue weighted by atomic mass is 32.2. The maximum Gasteiger partial charge on any atom is 0.208 e. The zero-order chi connectivity index (χ0) is 16.0. The van der Waals surface area contributed by atoms with Crippen LogP contribution in [-0.2, 0) is 23.4 Å². The van der Waals surface area contributed by atoms with Crippen LogP contribution in [0.2, 0.25) is 0 Å². The highest BCUT2D eigenvalue weighted by Gasteiger charge is 2.34. The van der Waals surface area contributed by atoms with Gasteiger partial charge in [-0.05, 0) is 12.8 Å². The van der Waals surface area contributed by atoms with Crippen LogP contribution in [0.1, 0.15) is 42.0 Å². The Morgan fingerprint density at radius 3 is 2.87 bits per heavy atom. The van der Waals surface area contributed by atoms with Crippen molar-refractivity contribution in [3.8, 4) is 0 Å². The molecule has 2 aliphatic rings. The Morgan fingerprint density at radius 1 is 1.35 bits per heavy atom. The van der Waals surface area contributed by atoms with Crippen LogP contribution in [0, 0.1) is 0 Å². The van der Waals surface area contributed by atoms with Gasteiger partial charge in [0, 0.05) is 31.3 Å². The molecule has 0 N–H and O–H groups in total. The quantitative estimate of drug-likeness (QED) is 0.836. The maximum absolute atomic E-state index is 12.0. The summed E-state index contributed by atoms with van der Waals surface area (Å²) in [5.74, 6) is 2.46. The van der Waals surface area contributed by atoms with Gasteiger partial charge < -0.3 is 4.42 Å². The van der Waals surface area contributed by atoms with Gasteiger partial charge in [0.05, 0.1) is 36.5 Å². The zero-order valence-corrected chi connectivity index (χ0v) is 13.9. The van der Waals surface area contributed by atoms with Gasteiger partial charge in [0.25, 0.3) is 0 Å². The van der Waals surface area contributed by atoms with E-state index in [1.807, 2.05) is 19.4 Å². The molecule has 1 aliphatic carbocycles. The fraction of sp³-hybridized carbons (Fsp3) is 0.600. The fourth-order valence-corrected chi connectivity index (χ4v) is 4.64. The lowest BCUT2D eigenvalue weighted by molar-refractivity contribution is 0.185. The van der Waals surface area contributed by atoms with Crippen molar-refractivity contribution in [2.45, 2.75) is 31.3 Å². The van der Waals surface area contributed by atoms with E-state index in [2.05, 4.69) is 15.0 Å². The number of oxazole rings is 1. The van der Waals surface area contributed by atoms with Crippen molar-refractivity contribution in [3.05, 3.63) is 35.8 Å². The summed E-state index contributed by atoms with van der Waals surface area (Å²) in [7, 11) is -1.19. The van der Waals surface area contributed by atoms with E-state index >= 15 is 0 Å². The molecule has 1 aliphatic heterocycles. The lowest BCUT2D eigenvalue weighted by Gasteiger charge is -2.33. The molecule has 1 unspecified atom stereocenters. The van der Waals surface area contributed by atoms with Crippen molar-refractivity contribution in [1.82, 2.24) is 19.7 Å². The second-order valence-corrected chi connectivity index (χ2v) is 8.71. The molecule has 0 spiro atoms. The Morgan fingerprint density at radius 2 is 2.17 bits per heavy atom. The number of nitrogens with zero attached hydrogens (tertiary/aromatic N) is 4. The van der Waals surface area contributed by atoms with Gasteiger partial charge >= 0.3 is 0 Å². The van der Waals surface area contributed by atoms with E-state index in [0.29, 0.717) is 24.9 Å². The second-order valence-electron chi connectivity index (χ2n) is 6.48. The number of hydrogen-bond acceptors (Lipinski definition) is 6. The summed E-state index contributed by atoms with van der Waals surface area (Å²) >= 11 is 0. The summed E-state index contributed by atoms with van der Waals surface area (Å²) in [6.07, 6.45) is 7.78. The van der Waals surface area contributed by atoms with E-state index in [0.717, 1.165) is 11.3 Å². The molecule has 0 bridgehead atoms. The maximum atomic E-state index is 12.0. The van der Waals surface area contributed by atoms with Gasteiger partial charge in [-0.2, -0.15) is 5.10 Å². The van der Waals surface area contributed by atoms with E-state index in [9.17, 15) is 8.42 Å². The highest BCUT2D eigenvalue weighted by Crippen LogP contribution is 2.40. The smallest absolute Gasteiger partial charge is 0.208 e. The lowest BCUT2D eigenvalue weighted by Crippen LogP contribution is -2.42. The van der Waals surface area contributed by atoms with Crippen LogP contribution >= 0.6 is 0 Å². The SMILES string of the molecule is Cn1cc(C2CS(=O)(=O)CCN2Cc2ncc(C3CC3)o2)cn1. The predicted octanol–water partition coefficient (Wildman–Crippen LogP) is 1.26. The van der Waals surface area contributed by atoms with Crippen molar-refractivity contribution in [2.75, 3.05) is 18.1 Å². The van der Waals surface area contributed by atoms with Crippen LogP contribution in [0.25, 0.3) is 0 Å². The second kappa shape index (κ2) is 5.45. The van der Waals surface area contributed by atoms with Gasteiger partial charge in [-0.1, -0.05) is 0 Å². The lowest BCUT2D eigenvalue weighted by atomic mass is 10.1. The third-order valence-electron chi connectivity index (χ3n) is 4.54. The Balaban J connectivity index is 1.56. The first-order valence-electron chi connectivity index (χ1n) is 7.88. The topological polar surface area (TPSA) is 81.2 Å². The van der Waals surface area contributed by atoms with Gasteiger partial charge in [-0.25, -0.2) is 13.4 Å². The molecule has 1 saturated heterocycles. The highest BCUT2D eigenvalue weighted by molar-refractivity contribution is 7.91. The molecule has 8 heteroatoms. The third kappa shape index (κ3) is 3.18. The van der Waals surface area contributed by atoms with E-state index in [1.165, 1.54) is 12.8 Å². The summed E-state index contributed by atoms with van der Waals surface area (Å²) in [6.45, 7) is 1.02. The van der Waals surface area contributed by atoms with Gasteiger partial charge in [0.1, 0.15) is 5.76 Å². The summed E-state index contributed by atoms with van der Waals surface area (Å²) < 4.78 is 31.6. The molecule has 2 aromatic rings. The van der Waals surface area contributed by atoms with Crippen molar-refractivity contribution in [1.29, 1.82) is 0 Å². The van der Waals surface area contributed by atoms with E-state index in [-0.39, 0.29) is 17.5 Å². The monoisotopic (exact) mass is 336 g/mol. The van der Waals surface area contributed by atoms with Crippen LogP contribution in [-0.4, -0.2) is 46.1 Å². The zero-order valence-electron chi connectivity index (χ0n) is 13.1. The number of aryl methyl sites for hydroxylation is 1. The summed E-state index contributed by atoms with van der Waals surface area (Å²) in [6, 6.07) is -0.196. The van der Waals surface area contributed by atoms with Crippen LogP contribution in [0.3, 0.4) is 0 Å². The predicted molar refractivity (Wildman–Crippen MR) is 83.5 cm³/mol. The molecule has 0 amide bonds. The van der Waals surface area contributed by atoms with Gasteiger partial charge in [-0.15, -0.1) is 0 Å². The molecular weight excluding hydrogens is 316 g/mol. The van der Waals surface area contributed by atoms with Crippen LogP contribution in [0.15, 0.2) is 23.0 Å². The first kappa shape index (κ1) is 14.9. The minimum Gasteiger partial charge on any atom is -0.444 e. The van der Waals surface area contributed by atoms with Crippen molar-refractivity contribution < 1.29 is 12.8 Å². The van der Waals surface area contributed by atoms with Crippen LogP contribution in [0.5, 0.6) is 0 Å². The average Bonchev–Trinajstić information content (AvgIpc) is 3.09. The number of sulfone groups is 1. The molecule has 2 aromatic heterocycles. The standard InChI is InChI=1S/C15H20N4O3S/c1-18-8-12(6-17-18)13-10-23(20,21)5-4-19(13)9-15-16-7-14(22-15)11-2-3-11/h6-8,11,13H,2-5,9-10H2,1H3. The minimum absolute atomic E-state index is 0.120. The largest absolute Gasteiger partial charge is 0.444 e. The number of rotatable bonds is 4.